The molecular formula is C8F15O2-. The smallest absolute Gasteiger partial charge is 0.434 e. The van der Waals surface area contributed by atoms with E-state index in [1.165, 1.54) is 0 Å². The fourth-order valence-corrected chi connectivity index (χ4v) is 1.70. The minimum absolute atomic E-state index is 4.99. The van der Waals surface area contributed by atoms with Gasteiger partial charge in [-0.1, -0.05) is 0 Å². The summed E-state index contributed by atoms with van der Waals surface area (Å²) in [5.41, 5.74) is -16.7. The van der Waals surface area contributed by atoms with E-state index in [2.05, 4.69) is 0 Å². The van der Waals surface area contributed by atoms with E-state index in [4.69, 9.17) is 0 Å². The van der Waals surface area contributed by atoms with E-state index in [1.54, 1.807) is 0 Å². The zero-order chi connectivity index (χ0) is 21.1. The second-order valence-electron chi connectivity index (χ2n) is 4.26. The Morgan fingerprint density at radius 2 is 0.760 bits per heavy atom. The molecule has 0 aromatic heterocycles. The summed E-state index contributed by atoms with van der Waals surface area (Å²) in [6.07, 6.45) is -32.9. The molecule has 1 atom stereocenters. The van der Waals surface area contributed by atoms with Crippen LogP contribution in [-0.2, 0) is 4.79 Å². The molecule has 150 valence electrons. The fraction of sp³-hybridized carbons (Fsp3) is 0.875. The molecule has 2 nitrogen and oxygen atoms in total. The molecule has 0 radical (unpaired) electrons. The molecule has 0 saturated carbocycles. The summed E-state index contributed by atoms with van der Waals surface area (Å²) >= 11 is 0. The highest BCUT2D eigenvalue weighted by Crippen LogP contribution is 2.70. The summed E-state index contributed by atoms with van der Waals surface area (Å²) in [4.78, 5) is 9.95. The van der Waals surface area contributed by atoms with E-state index >= 15 is 0 Å². The number of carboxylic acids is 1. The number of carbonyl (C=O) groups is 1. The summed E-state index contributed by atoms with van der Waals surface area (Å²) in [5.74, 6) is -13.7. The van der Waals surface area contributed by atoms with Gasteiger partial charge in [-0.05, 0) is 0 Å². The van der Waals surface area contributed by atoms with Crippen molar-refractivity contribution in [3.8, 4) is 0 Å². The average Bonchev–Trinajstić information content (AvgIpc) is 2.18. The van der Waals surface area contributed by atoms with E-state index in [-0.39, 0.29) is 0 Å². The third-order valence-electron chi connectivity index (χ3n) is 2.85. The SMILES string of the molecule is O=C([O-])C(F)(C(F)(F)F)C(F)(F)C(C(F)(F)F)(C(F)(F)F)C(F)(F)F. The second kappa shape index (κ2) is 5.46. The van der Waals surface area contributed by atoms with Gasteiger partial charge in [0.2, 0.25) is 0 Å². The van der Waals surface area contributed by atoms with Gasteiger partial charge in [0.05, 0.1) is 5.97 Å². The second-order valence-corrected chi connectivity index (χ2v) is 4.26. The van der Waals surface area contributed by atoms with Crippen molar-refractivity contribution in [3.05, 3.63) is 0 Å². The molecule has 0 aliphatic heterocycles. The van der Waals surface area contributed by atoms with Gasteiger partial charge in [0, 0.05) is 0 Å². The highest BCUT2D eigenvalue weighted by atomic mass is 19.4. The van der Waals surface area contributed by atoms with Gasteiger partial charge in [0.1, 0.15) is 0 Å². The van der Waals surface area contributed by atoms with Gasteiger partial charge in [0.25, 0.3) is 0 Å². The van der Waals surface area contributed by atoms with Crippen LogP contribution >= 0.6 is 0 Å². The molecule has 0 fully saturated rings. The third-order valence-corrected chi connectivity index (χ3v) is 2.85. The average molecular weight is 413 g/mol. The number of carbonyl (C=O) groups excluding carboxylic acids is 1. The van der Waals surface area contributed by atoms with Gasteiger partial charge in [-0.2, -0.15) is 52.7 Å². The molecular weight excluding hydrogens is 413 g/mol. The van der Waals surface area contributed by atoms with Crippen LogP contribution in [0.3, 0.4) is 0 Å². The Labute approximate surface area is 125 Å². The summed E-state index contributed by atoms with van der Waals surface area (Å²) in [6.45, 7) is 0. The van der Waals surface area contributed by atoms with Crippen molar-refractivity contribution in [2.24, 2.45) is 5.41 Å². The van der Waals surface area contributed by atoms with Crippen molar-refractivity contribution in [1.29, 1.82) is 0 Å². The predicted octanol–water partition coefficient (Wildman–Crippen LogP) is 3.32. The molecule has 17 heteroatoms. The standard InChI is InChI=1S/C8HF15O2/c9-2(1(24)25,5(12,13)14)4(10,11)3(6(15,16)17,7(18,19)20)8(21,22)23/h(H,24,25)/p-1. The highest BCUT2D eigenvalue weighted by Gasteiger charge is 2.99. The summed E-state index contributed by atoms with van der Waals surface area (Å²) in [5, 5.41) is 9.95. The van der Waals surface area contributed by atoms with Crippen molar-refractivity contribution < 1.29 is 75.8 Å². The van der Waals surface area contributed by atoms with Crippen molar-refractivity contribution >= 4 is 5.97 Å². The van der Waals surface area contributed by atoms with Crippen LogP contribution in [0, 0.1) is 5.41 Å². The Balaban J connectivity index is 7.48. The van der Waals surface area contributed by atoms with Crippen LogP contribution in [0.4, 0.5) is 65.9 Å². The van der Waals surface area contributed by atoms with Gasteiger partial charge < -0.3 is 9.90 Å². The lowest BCUT2D eigenvalue weighted by Gasteiger charge is -2.48. The number of carboxylic acid groups (broad SMARTS) is 1. The van der Waals surface area contributed by atoms with E-state index in [1.807, 2.05) is 0 Å². The van der Waals surface area contributed by atoms with Crippen LogP contribution < -0.4 is 5.11 Å². The quantitative estimate of drug-likeness (QED) is 0.667. The topological polar surface area (TPSA) is 40.1 Å². The maximum atomic E-state index is 13.4. The van der Waals surface area contributed by atoms with Gasteiger partial charge in [-0.15, -0.1) is 0 Å². The van der Waals surface area contributed by atoms with Crippen molar-refractivity contribution in [2.45, 2.75) is 36.3 Å². The summed E-state index contributed by atoms with van der Waals surface area (Å²) in [6, 6.07) is 0. The van der Waals surface area contributed by atoms with E-state index in [0.29, 0.717) is 0 Å². The van der Waals surface area contributed by atoms with Gasteiger partial charge in [0.15, 0.2) is 0 Å². The predicted molar refractivity (Wildman–Crippen MR) is 40.4 cm³/mol. The molecule has 0 heterocycles. The first-order valence-electron chi connectivity index (χ1n) is 4.99. The van der Waals surface area contributed by atoms with Crippen LogP contribution in [0.5, 0.6) is 0 Å². The lowest BCUT2D eigenvalue weighted by Crippen LogP contribution is -2.79. The van der Waals surface area contributed by atoms with Crippen LogP contribution in [0.25, 0.3) is 0 Å². The van der Waals surface area contributed by atoms with Crippen LogP contribution in [0.1, 0.15) is 0 Å². The first kappa shape index (κ1) is 23.4. The third kappa shape index (κ3) is 2.74. The number of hydrogen-bond acceptors (Lipinski definition) is 2. The van der Waals surface area contributed by atoms with Gasteiger partial charge in [-0.25, -0.2) is 13.2 Å². The number of alkyl halides is 15. The zero-order valence-corrected chi connectivity index (χ0v) is 10.5. The number of hydrogen-bond donors (Lipinski definition) is 0. The van der Waals surface area contributed by atoms with Crippen LogP contribution in [0.2, 0.25) is 0 Å². The normalized spacial score (nSPS) is 18.0. The molecule has 0 aromatic carbocycles. The lowest BCUT2D eigenvalue weighted by atomic mass is 9.71. The first-order chi connectivity index (χ1) is 10.4. The van der Waals surface area contributed by atoms with E-state index in [0.717, 1.165) is 0 Å². The number of halogens is 15. The maximum Gasteiger partial charge on any atom is 0.434 e. The Kier molecular flexibility index (Phi) is 5.11. The van der Waals surface area contributed by atoms with Crippen LogP contribution in [-0.4, -0.2) is 42.3 Å². The molecule has 0 bridgehead atoms. The van der Waals surface area contributed by atoms with Gasteiger partial charge in [-0.3, -0.25) is 0 Å². The largest absolute Gasteiger partial charge is 0.546 e. The molecule has 0 rings (SSSR count). The molecule has 0 aliphatic rings. The first-order valence-corrected chi connectivity index (χ1v) is 4.99. The number of rotatable bonds is 3. The fourth-order valence-electron chi connectivity index (χ4n) is 1.70. The Morgan fingerprint density at radius 1 is 0.520 bits per heavy atom. The van der Waals surface area contributed by atoms with Gasteiger partial charge >= 0.3 is 41.7 Å². The van der Waals surface area contributed by atoms with Crippen molar-refractivity contribution in [1.82, 2.24) is 0 Å². The molecule has 0 aliphatic carbocycles. The Hall–Kier alpha value is -1.58. The molecule has 1 unspecified atom stereocenters. The Bertz CT molecular complexity index is 484. The monoisotopic (exact) mass is 413 g/mol. The van der Waals surface area contributed by atoms with Crippen LogP contribution in [0.15, 0.2) is 0 Å². The van der Waals surface area contributed by atoms with Crippen molar-refractivity contribution in [3.63, 3.8) is 0 Å². The highest BCUT2D eigenvalue weighted by molar-refractivity contribution is 5.78. The van der Waals surface area contributed by atoms with Crippen molar-refractivity contribution in [2.75, 3.05) is 0 Å². The Morgan fingerprint density at radius 3 is 0.880 bits per heavy atom. The molecule has 0 N–H and O–H groups in total. The van der Waals surface area contributed by atoms with E-state index < -0.39 is 47.7 Å². The van der Waals surface area contributed by atoms with E-state index in [9.17, 15) is 75.8 Å². The number of aliphatic carboxylic acids is 1. The molecule has 0 aromatic rings. The summed E-state index contributed by atoms with van der Waals surface area (Å²) in [7, 11) is 0. The lowest BCUT2D eigenvalue weighted by molar-refractivity contribution is -0.500. The maximum absolute atomic E-state index is 13.4. The molecule has 0 saturated heterocycles. The molecule has 25 heavy (non-hydrogen) atoms. The summed E-state index contributed by atoms with van der Waals surface area (Å²) < 4.78 is 188. The molecule has 0 amide bonds. The minimum atomic E-state index is -8.72. The molecule has 0 spiro atoms. The zero-order valence-electron chi connectivity index (χ0n) is 10.5. The minimum Gasteiger partial charge on any atom is -0.546 e.